The van der Waals surface area contributed by atoms with E-state index in [2.05, 4.69) is 101 Å². The van der Waals surface area contributed by atoms with Gasteiger partial charge in [-0.25, -0.2) is 0 Å². The summed E-state index contributed by atoms with van der Waals surface area (Å²) in [6.45, 7) is 0. The van der Waals surface area contributed by atoms with Gasteiger partial charge in [0.1, 0.15) is 0 Å². The quantitative estimate of drug-likeness (QED) is 0.455. The second kappa shape index (κ2) is 6.37. The molecule has 0 bridgehead atoms. The van der Waals surface area contributed by atoms with Gasteiger partial charge in [-0.1, -0.05) is 60.0 Å². The van der Waals surface area contributed by atoms with Crippen LogP contribution < -0.4 is 5.32 Å². The Labute approximate surface area is 158 Å². The average Bonchev–Trinajstić information content (AvgIpc) is 3.01. The zero-order chi connectivity index (χ0) is 18.2. The van der Waals surface area contributed by atoms with Gasteiger partial charge in [-0.3, -0.25) is 0 Å². The molecule has 0 aliphatic heterocycles. The van der Waals surface area contributed by atoms with Crippen molar-refractivity contribution in [1.82, 2.24) is 4.57 Å². The number of aryl methyl sites for hydroxylation is 1. The molecule has 0 saturated carbocycles. The summed E-state index contributed by atoms with van der Waals surface area (Å²) in [6.07, 6.45) is 2.96. The molecule has 2 heteroatoms. The summed E-state index contributed by atoms with van der Waals surface area (Å²) in [5.41, 5.74) is 12.5. The summed E-state index contributed by atoms with van der Waals surface area (Å²) >= 11 is 0. The molecule has 2 nitrogen and oxygen atoms in total. The van der Waals surface area contributed by atoms with Crippen LogP contribution in [0.2, 0.25) is 0 Å². The van der Waals surface area contributed by atoms with Crippen LogP contribution in [-0.2, 0) is 7.05 Å². The second-order valence-corrected chi connectivity index (χ2v) is 6.99. The van der Waals surface area contributed by atoms with Crippen molar-refractivity contribution in [2.45, 2.75) is 12.5 Å². The van der Waals surface area contributed by atoms with E-state index in [4.69, 9.17) is 0 Å². The number of hydrogen-bond acceptors (Lipinski definition) is 1. The van der Waals surface area contributed by atoms with Crippen LogP contribution in [0.1, 0.15) is 12.0 Å². The number of aromatic nitrogens is 1. The van der Waals surface area contributed by atoms with E-state index < -0.39 is 0 Å². The zero-order valence-electron chi connectivity index (χ0n) is 15.2. The van der Waals surface area contributed by atoms with E-state index in [1.165, 1.54) is 27.4 Å². The van der Waals surface area contributed by atoms with Gasteiger partial charge in [0.15, 0.2) is 0 Å². The summed E-state index contributed by atoms with van der Waals surface area (Å²) in [5, 5.41) is 6.29. The Morgan fingerprint density at radius 1 is 0.889 bits per heavy atom. The highest BCUT2D eigenvalue weighted by atomic mass is 14.9. The molecule has 0 spiro atoms. The SMILES string of the molecule is Cn1c2ccccc2c2cc(NC3CC=C=C=C3c3ccccc3)ccc21. The third-order valence-corrected chi connectivity index (χ3v) is 5.35. The van der Waals surface area contributed by atoms with Crippen LogP contribution in [0.4, 0.5) is 5.69 Å². The number of nitrogens with one attached hydrogen (secondary N) is 1. The van der Waals surface area contributed by atoms with Gasteiger partial charge in [-0.05, 0) is 42.3 Å². The molecule has 0 fully saturated rings. The lowest BCUT2D eigenvalue weighted by Crippen LogP contribution is -2.21. The Kier molecular flexibility index (Phi) is 3.73. The van der Waals surface area contributed by atoms with Crippen molar-refractivity contribution in [3.63, 3.8) is 0 Å². The summed E-state index contributed by atoms with van der Waals surface area (Å²) in [7, 11) is 2.13. The Morgan fingerprint density at radius 3 is 2.56 bits per heavy atom. The molecular formula is C25H20N2. The summed E-state index contributed by atoms with van der Waals surface area (Å²) in [5.74, 6) is 0. The van der Waals surface area contributed by atoms with Crippen LogP contribution in [0, 0.1) is 0 Å². The highest BCUT2D eigenvalue weighted by Crippen LogP contribution is 2.31. The van der Waals surface area contributed by atoms with Crippen LogP contribution in [0.5, 0.6) is 0 Å². The number of fused-ring (bicyclic) bond motifs is 3. The molecule has 1 unspecified atom stereocenters. The van der Waals surface area contributed by atoms with Crippen molar-refractivity contribution in [3.05, 3.63) is 95.9 Å². The van der Waals surface area contributed by atoms with E-state index in [0.717, 1.165) is 17.7 Å². The van der Waals surface area contributed by atoms with E-state index in [1.54, 1.807) is 0 Å². The lowest BCUT2D eigenvalue weighted by atomic mass is 9.94. The van der Waals surface area contributed by atoms with Crippen molar-refractivity contribution in [2.75, 3.05) is 5.32 Å². The van der Waals surface area contributed by atoms with Gasteiger partial charge in [0, 0.05) is 40.1 Å². The number of rotatable bonds is 3. The van der Waals surface area contributed by atoms with Crippen LogP contribution in [-0.4, -0.2) is 10.6 Å². The molecule has 1 aliphatic carbocycles. The fourth-order valence-corrected chi connectivity index (χ4v) is 3.99. The van der Waals surface area contributed by atoms with Crippen molar-refractivity contribution >= 4 is 33.1 Å². The topological polar surface area (TPSA) is 17.0 Å². The molecule has 4 aromatic rings. The first-order valence-electron chi connectivity index (χ1n) is 9.30. The van der Waals surface area contributed by atoms with Crippen molar-refractivity contribution in [2.24, 2.45) is 7.05 Å². The zero-order valence-corrected chi connectivity index (χ0v) is 15.2. The number of para-hydroxylation sites is 1. The van der Waals surface area contributed by atoms with Crippen LogP contribution in [0.3, 0.4) is 0 Å². The minimum Gasteiger partial charge on any atom is -0.377 e. The standard InChI is InChI=1S/C25H20N2/c1-27-24-14-8-6-12-21(24)22-17-19(15-16-25(22)27)26-23-13-7-5-11-20(23)18-9-3-2-4-10-18/h2-4,6-10,12,14-17,23,26H,13H2,1H3. The number of anilines is 1. The van der Waals surface area contributed by atoms with Gasteiger partial charge >= 0.3 is 0 Å². The maximum absolute atomic E-state index is 3.72. The third-order valence-electron chi connectivity index (χ3n) is 5.35. The molecule has 3 aromatic carbocycles. The fourth-order valence-electron chi connectivity index (χ4n) is 3.99. The monoisotopic (exact) mass is 348 g/mol. The predicted molar refractivity (Wildman–Crippen MR) is 114 cm³/mol. The number of nitrogens with zero attached hydrogens (tertiary/aromatic N) is 1. The van der Waals surface area contributed by atoms with Crippen molar-refractivity contribution in [3.8, 4) is 0 Å². The maximum atomic E-state index is 3.72. The second-order valence-electron chi connectivity index (χ2n) is 6.99. The first-order chi connectivity index (χ1) is 13.3. The van der Waals surface area contributed by atoms with Gasteiger partial charge in [0.2, 0.25) is 0 Å². The van der Waals surface area contributed by atoms with Crippen LogP contribution in [0.25, 0.3) is 27.4 Å². The Morgan fingerprint density at radius 2 is 1.67 bits per heavy atom. The Hall–Kier alpha value is -3.44. The smallest absolute Gasteiger partial charge is 0.0639 e. The van der Waals surface area contributed by atoms with Crippen molar-refractivity contribution < 1.29 is 0 Å². The van der Waals surface area contributed by atoms with Gasteiger partial charge in [-0.15, -0.1) is 0 Å². The van der Waals surface area contributed by atoms with E-state index in [1.807, 2.05) is 6.07 Å². The molecule has 0 amide bonds. The van der Waals surface area contributed by atoms with Gasteiger partial charge in [0.05, 0.1) is 6.04 Å². The predicted octanol–water partition coefficient (Wildman–Crippen LogP) is 5.91. The molecule has 1 N–H and O–H groups in total. The van der Waals surface area contributed by atoms with Gasteiger partial charge in [-0.2, -0.15) is 0 Å². The average molecular weight is 348 g/mol. The lowest BCUT2D eigenvalue weighted by Gasteiger charge is -2.22. The number of hydrogen-bond donors (Lipinski definition) is 1. The molecule has 1 heterocycles. The summed E-state index contributed by atoms with van der Waals surface area (Å²) < 4.78 is 2.26. The third kappa shape index (κ3) is 2.69. The highest BCUT2D eigenvalue weighted by Gasteiger charge is 2.17. The summed E-state index contributed by atoms with van der Waals surface area (Å²) in [6, 6.07) is 25.9. The normalized spacial score (nSPS) is 16.0. The largest absolute Gasteiger partial charge is 0.377 e. The maximum Gasteiger partial charge on any atom is 0.0639 e. The molecule has 0 saturated heterocycles. The molecular weight excluding hydrogens is 328 g/mol. The van der Waals surface area contributed by atoms with Gasteiger partial charge in [0.25, 0.3) is 0 Å². The van der Waals surface area contributed by atoms with E-state index in [-0.39, 0.29) is 6.04 Å². The molecule has 27 heavy (non-hydrogen) atoms. The molecule has 0 radical (unpaired) electrons. The fraction of sp³-hybridized carbons (Fsp3) is 0.120. The lowest BCUT2D eigenvalue weighted by molar-refractivity contribution is 0.908. The minimum atomic E-state index is 0.195. The first kappa shape index (κ1) is 15.8. The molecule has 130 valence electrons. The molecule has 1 atom stereocenters. The van der Waals surface area contributed by atoms with Crippen molar-refractivity contribution in [1.29, 1.82) is 0 Å². The first-order valence-corrected chi connectivity index (χ1v) is 9.30. The molecule has 1 aliphatic rings. The van der Waals surface area contributed by atoms with Crippen LogP contribution >= 0.6 is 0 Å². The number of benzene rings is 3. The van der Waals surface area contributed by atoms with Gasteiger partial charge < -0.3 is 9.88 Å². The Bertz CT molecular complexity index is 1250. The molecule has 5 rings (SSSR count). The minimum absolute atomic E-state index is 0.195. The summed E-state index contributed by atoms with van der Waals surface area (Å²) in [4.78, 5) is 0. The van der Waals surface area contributed by atoms with E-state index in [9.17, 15) is 0 Å². The van der Waals surface area contributed by atoms with E-state index >= 15 is 0 Å². The van der Waals surface area contributed by atoms with E-state index in [0.29, 0.717) is 0 Å². The van der Waals surface area contributed by atoms with Crippen LogP contribution in [0.15, 0.2) is 90.3 Å². The molecule has 1 aromatic heterocycles. The highest BCUT2D eigenvalue weighted by molar-refractivity contribution is 6.09. The Balaban J connectivity index is 1.55.